The fourth-order valence-electron chi connectivity index (χ4n) is 2.98. The van der Waals surface area contributed by atoms with E-state index in [1.165, 1.54) is 37.8 Å². The largest absolute Gasteiger partial charge is 0.418 e. The van der Waals surface area contributed by atoms with Crippen molar-refractivity contribution in [2.45, 2.75) is 45.2 Å². The Bertz CT molecular complexity index is 463. The highest BCUT2D eigenvalue weighted by Gasteiger charge is 2.33. The summed E-state index contributed by atoms with van der Waals surface area (Å²) in [6.45, 7) is 2.84. The molecular weight excluding hydrogens is 277 g/mol. The van der Waals surface area contributed by atoms with E-state index in [1.54, 1.807) is 0 Å². The van der Waals surface area contributed by atoms with Gasteiger partial charge >= 0.3 is 6.18 Å². The Morgan fingerprint density at radius 1 is 1.19 bits per heavy atom. The minimum Gasteiger partial charge on any atom is -0.399 e. The average Bonchev–Trinajstić information content (AvgIpc) is 2.41. The molecule has 1 fully saturated rings. The summed E-state index contributed by atoms with van der Waals surface area (Å²) in [5.74, 6) is 1.43. The van der Waals surface area contributed by atoms with E-state index in [1.807, 2.05) is 0 Å². The molecule has 5 heteroatoms. The molecule has 0 aromatic heterocycles. The predicted molar refractivity (Wildman–Crippen MR) is 80.1 cm³/mol. The van der Waals surface area contributed by atoms with Crippen molar-refractivity contribution < 1.29 is 13.2 Å². The zero-order valence-electron chi connectivity index (χ0n) is 12.3. The molecule has 0 radical (unpaired) electrons. The summed E-state index contributed by atoms with van der Waals surface area (Å²) in [6, 6.07) is 3.91. The summed E-state index contributed by atoms with van der Waals surface area (Å²) in [4.78, 5) is 0. The summed E-state index contributed by atoms with van der Waals surface area (Å²) in [5, 5.41) is 2.93. The Morgan fingerprint density at radius 2 is 1.86 bits per heavy atom. The Kier molecular flexibility index (Phi) is 5.01. The van der Waals surface area contributed by atoms with Crippen LogP contribution in [0.3, 0.4) is 0 Å². The zero-order chi connectivity index (χ0) is 15.5. The molecule has 0 amide bonds. The van der Waals surface area contributed by atoms with Crippen LogP contribution in [0.1, 0.15) is 44.6 Å². The Morgan fingerprint density at radius 3 is 2.48 bits per heavy atom. The molecular formula is C16H23F3N2. The summed E-state index contributed by atoms with van der Waals surface area (Å²) in [6.07, 6.45) is 1.40. The van der Waals surface area contributed by atoms with Gasteiger partial charge in [-0.3, -0.25) is 0 Å². The van der Waals surface area contributed by atoms with E-state index in [2.05, 4.69) is 12.2 Å². The number of rotatable bonds is 4. The van der Waals surface area contributed by atoms with Gasteiger partial charge in [0.15, 0.2) is 0 Å². The standard InChI is InChI=1S/C16H23F3N2/c1-11-2-4-12(5-3-11)8-9-21-15-7-6-13(20)10-14(15)16(17,18)19/h6-7,10-12,21H,2-5,8-9,20H2,1H3. The van der Waals surface area contributed by atoms with Crippen LogP contribution in [0.4, 0.5) is 24.5 Å². The number of benzene rings is 1. The van der Waals surface area contributed by atoms with Gasteiger partial charge in [-0.1, -0.05) is 32.6 Å². The third-order valence-electron chi connectivity index (χ3n) is 4.35. The van der Waals surface area contributed by atoms with Gasteiger partial charge < -0.3 is 11.1 Å². The van der Waals surface area contributed by atoms with Crippen molar-refractivity contribution >= 4 is 11.4 Å². The van der Waals surface area contributed by atoms with Gasteiger partial charge in [0, 0.05) is 17.9 Å². The van der Waals surface area contributed by atoms with Crippen molar-refractivity contribution in [3.63, 3.8) is 0 Å². The minimum atomic E-state index is -4.38. The lowest BCUT2D eigenvalue weighted by atomic mass is 9.81. The van der Waals surface area contributed by atoms with Crippen LogP contribution >= 0.6 is 0 Å². The highest BCUT2D eigenvalue weighted by molar-refractivity contribution is 5.59. The maximum atomic E-state index is 13.0. The molecule has 0 aliphatic heterocycles. The number of anilines is 2. The second kappa shape index (κ2) is 6.58. The zero-order valence-corrected chi connectivity index (χ0v) is 12.3. The Balaban J connectivity index is 1.91. The number of halogens is 3. The van der Waals surface area contributed by atoms with Crippen LogP contribution in [0.2, 0.25) is 0 Å². The summed E-state index contributed by atoms with van der Waals surface area (Å²) in [7, 11) is 0. The normalized spacial score (nSPS) is 23.0. The molecule has 3 N–H and O–H groups in total. The molecule has 2 nitrogen and oxygen atoms in total. The van der Waals surface area contributed by atoms with Crippen LogP contribution in [0, 0.1) is 11.8 Å². The molecule has 0 saturated heterocycles. The number of alkyl halides is 3. The molecule has 0 bridgehead atoms. The van der Waals surface area contributed by atoms with E-state index in [9.17, 15) is 13.2 Å². The predicted octanol–water partition coefficient (Wildman–Crippen LogP) is 4.92. The lowest BCUT2D eigenvalue weighted by Gasteiger charge is -2.26. The summed E-state index contributed by atoms with van der Waals surface area (Å²) >= 11 is 0. The SMILES string of the molecule is CC1CCC(CCNc2ccc(N)cc2C(F)(F)F)CC1. The monoisotopic (exact) mass is 300 g/mol. The molecule has 1 aromatic rings. The molecule has 0 spiro atoms. The first-order chi connectivity index (χ1) is 9.86. The number of nitrogen functional groups attached to an aromatic ring is 1. The number of nitrogens with two attached hydrogens (primary N) is 1. The maximum absolute atomic E-state index is 13.0. The van der Waals surface area contributed by atoms with Gasteiger partial charge in [0.2, 0.25) is 0 Å². The average molecular weight is 300 g/mol. The topological polar surface area (TPSA) is 38.0 Å². The van der Waals surface area contributed by atoms with Crippen LogP contribution in [0.25, 0.3) is 0 Å². The van der Waals surface area contributed by atoms with Gasteiger partial charge in [-0.2, -0.15) is 13.2 Å². The van der Waals surface area contributed by atoms with Crippen LogP contribution in [0.5, 0.6) is 0 Å². The quantitative estimate of drug-likeness (QED) is 0.775. The van der Waals surface area contributed by atoms with Crippen molar-refractivity contribution in [3.05, 3.63) is 23.8 Å². The highest BCUT2D eigenvalue weighted by Crippen LogP contribution is 2.36. The van der Waals surface area contributed by atoms with E-state index < -0.39 is 11.7 Å². The van der Waals surface area contributed by atoms with Crippen molar-refractivity contribution in [3.8, 4) is 0 Å². The third kappa shape index (κ3) is 4.55. The lowest BCUT2D eigenvalue weighted by molar-refractivity contribution is -0.136. The van der Waals surface area contributed by atoms with Crippen molar-refractivity contribution in [2.24, 2.45) is 11.8 Å². The second-order valence-electron chi connectivity index (χ2n) is 6.14. The van der Waals surface area contributed by atoms with Crippen LogP contribution in [-0.4, -0.2) is 6.54 Å². The highest BCUT2D eigenvalue weighted by atomic mass is 19.4. The van der Waals surface area contributed by atoms with Gasteiger partial charge in [-0.25, -0.2) is 0 Å². The molecule has 1 saturated carbocycles. The molecule has 0 atom stereocenters. The van der Waals surface area contributed by atoms with Gasteiger partial charge in [0.05, 0.1) is 5.56 Å². The van der Waals surface area contributed by atoms with Crippen molar-refractivity contribution in [1.29, 1.82) is 0 Å². The van der Waals surface area contributed by atoms with Crippen LogP contribution < -0.4 is 11.1 Å². The van der Waals surface area contributed by atoms with Gasteiger partial charge in [0.25, 0.3) is 0 Å². The Hall–Kier alpha value is -1.39. The van der Waals surface area contributed by atoms with Gasteiger partial charge in [-0.15, -0.1) is 0 Å². The molecule has 1 aliphatic rings. The number of hydrogen-bond donors (Lipinski definition) is 2. The van der Waals surface area contributed by atoms with E-state index in [-0.39, 0.29) is 11.4 Å². The molecule has 21 heavy (non-hydrogen) atoms. The molecule has 0 heterocycles. The Labute approximate surface area is 123 Å². The molecule has 1 aliphatic carbocycles. The number of hydrogen-bond acceptors (Lipinski definition) is 2. The molecule has 118 valence electrons. The molecule has 1 aromatic carbocycles. The maximum Gasteiger partial charge on any atom is 0.418 e. The van der Waals surface area contributed by atoms with Crippen LogP contribution in [-0.2, 0) is 6.18 Å². The van der Waals surface area contributed by atoms with E-state index in [0.717, 1.165) is 18.4 Å². The van der Waals surface area contributed by atoms with E-state index in [0.29, 0.717) is 12.5 Å². The summed E-state index contributed by atoms with van der Waals surface area (Å²) in [5.41, 5.74) is 5.03. The van der Waals surface area contributed by atoms with E-state index in [4.69, 9.17) is 5.73 Å². The fourth-order valence-corrected chi connectivity index (χ4v) is 2.98. The van der Waals surface area contributed by atoms with Crippen molar-refractivity contribution in [1.82, 2.24) is 0 Å². The first kappa shape index (κ1) is 16.0. The second-order valence-corrected chi connectivity index (χ2v) is 6.14. The smallest absolute Gasteiger partial charge is 0.399 e. The van der Waals surface area contributed by atoms with Crippen molar-refractivity contribution in [2.75, 3.05) is 17.6 Å². The van der Waals surface area contributed by atoms with E-state index >= 15 is 0 Å². The minimum absolute atomic E-state index is 0.126. The third-order valence-corrected chi connectivity index (χ3v) is 4.35. The number of nitrogens with one attached hydrogen (secondary N) is 1. The fraction of sp³-hybridized carbons (Fsp3) is 0.625. The summed E-state index contributed by atoms with van der Waals surface area (Å²) < 4.78 is 38.9. The first-order valence-electron chi connectivity index (χ1n) is 7.57. The van der Waals surface area contributed by atoms with Crippen LogP contribution in [0.15, 0.2) is 18.2 Å². The van der Waals surface area contributed by atoms with Gasteiger partial charge in [-0.05, 0) is 36.5 Å². The lowest BCUT2D eigenvalue weighted by Crippen LogP contribution is -2.17. The molecule has 2 rings (SSSR count). The first-order valence-corrected chi connectivity index (χ1v) is 7.57. The van der Waals surface area contributed by atoms with Gasteiger partial charge in [0.1, 0.15) is 0 Å². The molecule has 0 unspecified atom stereocenters.